The van der Waals surface area contributed by atoms with Crippen molar-refractivity contribution >= 4 is 11.5 Å². The Balaban J connectivity index is 1.99. The molecule has 1 atom stereocenters. The Labute approximate surface area is 160 Å². The zero-order chi connectivity index (χ0) is 19.7. The molecule has 2 N–H and O–H groups in total. The standard InChI is InChI=1S/C22H28N2O3/c1-15(2)12-13-23-18-11-10-17(19(25)16-8-6-5-7-9-16)20-22(18,26)27-14-21(3,4)24-20/h5-11,15,23,26H,12-14H2,1-4H3. The Morgan fingerprint density at radius 3 is 2.63 bits per heavy atom. The number of carbonyl (C=O) groups excluding carboxylic acids is 1. The van der Waals surface area contributed by atoms with Crippen molar-refractivity contribution in [2.24, 2.45) is 10.9 Å². The third-order valence-electron chi connectivity index (χ3n) is 4.72. The van der Waals surface area contributed by atoms with Gasteiger partial charge in [0.25, 0.3) is 5.79 Å². The lowest BCUT2D eigenvalue weighted by atomic mass is 9.86. The zero-order valence-corrected chi connectivity index (χ0v) is 16.5. The zero-order valence-electron chi connectivity index (χ0n) is 16.5. The Kier molecular flexibility index (Phi) is 5.36. The molecule has 0 saturated carbocycles. The number of allylic oxidation sites excluding steroid dienone is 2. The summed E-state index contributed by atoms with van der Waals surface area (Å²) in [4.78, 5) is 17.8. The molecule has 0 bridgehead atoms. The van der Waals surface area contributed by atoms with Crippen LogP contribution in [0.5, 0.6) is 0 Å². The summed E-state index contributed by atoms with van der Waals surface area (Å²) >= 11 is 0. The van der Waals surface area contributed by atoms with Crippen LogP contribution >= 0.6 is 0 Å². The summed E-state index contributed by atoms with van der Waals surface area (Å²) in [5, 5.41) is 14.6. The van der Waals surface area contributed by atoms with Crippen molar-refractivity contribution in [1.29, 1.82) is 0 Å². The van der Waals surface area contributed by atoms with Crippen molar-refractivity contribution < 1.29 is 14.6 Å². The SMILES string of the molecule is CC(C)CCNC1=CC=C(C(=O)c2ccccc2)C2=NC(C)(C)COC12O. The summed E-state index contributed by atoms with van der Waals surface area (Å²) in [6, 6.07) is 9.03. The second-order valence-corrected chi connectivity index (χ2v) is 8.17. The summed E-state index contributed by atoms with van der Waals surface area (Å²) in [7, 11) is 0. The maximum Gasteiger partial charge on any atom is 0.252 e. The van der Waals surface area contributed by atoms with Gasteiger partial charge in [-0.15, -0.1) is 0 Å². The second kappa shape index (κ2) is 7.41. The molecular weight excluding hydrogens is 340 g/mol. The van der Waals surface area contributed by atoms with Gasteiger partial charge in [0.1, 0.15) is 5.71 Å². The highest BCUT2D eigenvalue weighted by Gasteiger charge is 2.49. The smallest absolute Gasteiger partial charge is 0.252 e. The lowest BCUT2D eigenvalue weighted by Gasteiger charge is -2.42. The van der Waals surface area contributed by atoms with E-state index in [1.54, 1.807) is 24.3 Å². The van der Waals surface area contributed by atoms with Crippen LogP contribution in [-0.4, -0.2) is 41.1 Å². The monoisotopic (exact) mass is 368 g/mol. The first-order valence-electron chi connectivity index (χ1n) is 9.46. The molecule has 0 spiro atoms. The molecule has 27 heavy (non-hydrogen) atoms. The summed E-state index contributed by atoms with van der Waals surface area (Å²) in [5.41, 5.74) is 1.22. The third kappa shape index (κ3) is 4.04. The number of ether oxygens (including phenoxy) is 1. The number of aliphatic hydroxyl groups is 1. The summed E-state index contributed by atoms with van der Waals surface area (Å²) in [6.45, 7) is 9.12. The Morgan fingerprint density at radius 1 is 1.26 bits per heavy atom. The van der Waals surface area contributed by atoms with Gasteiger partial charge in [-0.05, 0) is 38.3 Å². The molecule has 0 aromatic heterocycles. The number of hydrogen-bond acceptors (Lipinski definition) is 5. The topological polar surface area (TPSA) is 70.9 Å². The van der Waals surface area contributed by atoms with E-state index >= 15 is 0 Å². The second-order valence-electron chi connectivity index (χ2n) is 8.17. The van der Waals surface area contributed by atoms with E-state index in [2.05, 4.69) is 19.2 Å². The van der Waals surface area contributed by atoms with E-state index in [1.807, 2.05) is 32.0 Å². The predicted molar refractivity (Wildman–Crippen MR) is 107 cm³/mol. The highest BCUT2D eigenvalue weighted by Crippen LogP contribution is 2.35. The summed E-state index contributed by atoms with van der Waals surface area (Å²) < 4.78 is 5.87. The molecule has 3 rings (SSSR count). The van der Waals surface area contributed by atoms with Gasteiger partial charge in [0.2, 0.25) is 0 Å². The summed E-state index contributed by atoms with van der Waals surface area (Å²) in [6.07, 6.45) is 4.42. The maximum absolute atomic E-state index is 13.1. The first-order valence-corrected chi connectivity index (χ1v) is 9.46. The van der Waals surface area contributed by atoms with Gasteiger partial charge in [-0.3, -0.25) is 9.79 Å². The number of ketones is 1. The van der Waals surface area contributed by atoms with Gasteiger partial charge in [-0.2, -0.15) is 0 Å². The van der Waals surface area contributed by atoms with Crippen LogP contribution in [0.1, 0.15) is 44.5 Å². The normalized spacial score (nSPS) is 23.9. The van der Waals surface area contributed by atoms with Crippen molar-refractivity contribution in [3.63, 3.8) is 0 Å². The van der Waals surface area contributed by atoms with E-state index in [-0.39, 0.29) is 18.1 Å². The molecule has 144 valence electrons. The highest BCUT2D eigenvalue weighted by atomic mass is 16.6. The summed E-state index contributed by atoms with van der Waals surface area (Å²) in [5.74, 6) is -1.35. The van der Waals surface area contributed by atoms with E-state index < -0.39 is 11.3 Å². The van der Waals surface area contributed by atoms with Gasteiger partial charge < -0.3 is 15.2 Å². The number of aliphatic imine (C=N–C) groups is 1. The molecule has 0 amide bonds. The largest absolute Gasteiger partial charge is 0.384 e. The molecule has 0 fully saturated rings. The molecule has 1 aromatic carbocycles. The van der Waals surface area contributed by atoms with Crippen LogP contribution < -0.4 is 5.32 Å². The fourth-order valence-corrected chi connectivity index (χ4v) is 3.17. The van der Waals surface area contributed by atoms with E-state index in [1.165, 1.54) is 0 Å². The van der Waals surface area contributed by atoms with Gasteiger partial charge in [0, 0.05) is 17.7 Å². The predicted octanol–water partition coefficient (Wildman–Crippen LogP) is 3.27. The van der Waals surface area contributed by atoms with Gasteiger partial charge in [-0.1, -0.05) is 44.2 Å². The molecule has 0 radical (unpaired) electrons. The highest BCUT2D eigenvalue weighted by molar-refractivity contribution is 6.31. The van der Waals surface area contributed by atoms with Crippen LogP contribution in [0, 0.1) is 5.92 Å². The molecule has 1 unspecified atom stereocenters. The quantitative estimate of drug-likeness (QED) is 0.756. The third-order valence-corrected chi connectivity index (χ3v) is 4.72. The van der Waals surface area contributed by atoms with Crippen molar-refractivity contribution in [3.05, 3.63) is 59.3 Å². The number of rotatable bonds is 6. The first-order chi connectivity index (χ1) is 12.7. The Morgan fingerprint density at radius 2 is 1.96 bits per heavy atom. The minimum absolute atomic E-state index is 0.174. The van der Waals surface area contributed by atoms with Crippen LogP contribution in [0.15, 0.2) is 58.7 Å². The van der Waals surface area contributed by atoms with Crippen LogP contribution in [-0.2, 0) is 4.74 Å². The lowest BCUT2D eigenvalue weighted by Crippen LogP contribution is -2.56. The Hall–Kier alpha value is -2.24. The Bertz CT molecular complexity index is 806. The molecule has 2 aliphatic rings. The van der Waals surface area contributed by atoms with Gasteiger partial charge in [0.05, 0.1) is 17.8 Å². The molecule has 5 heteroatoms. The van der Waals surface area contributed by atoms with E-state index in [4.69, 9.17) is 9.73 Å². The van der Waals surface area contributed by atoms with Gasteiger partial charge >= 0.3 is 0 Å². The number of carbonyl (C=O) groups is 1. The fourth-order valence-electron chi connectivity index (χ4n) is 3.17. The van der Waals surface area contributed by atoms with E-state index in [0.717, 1.165) is 6.42 Å². The number of benzene rings is 1. The molecule has 1 aromatic rings. The molecular formula is C22H28N2O3. The maximum atomic E-state index is 13.1. The number of fused-ring (bicyclic) bond motifs is 1. The van der Waals surface area contributed by atoms with Gasteiger partial charge in [-0.25, -0.2) is 0 Å². The lowest BCUT2D eigenvalue weighted by molar-refractivity contribution is -0.144. The fraction of sp³-hybridized carbons (Fsp3) is 0.455. The minimum Gasteiger partial charge on any atom is -0.384 e. The number of nitrogens with zero attached hydrogens (tertiary/aromatic N) is 1. The average molecular weight is 368 g/mol. The van der Waals surface area contributed by atoms with Crippen molar-refractivity contribution in [2.45, 2.75) is 45.4 Å². The first kappa shape index (κ1) is 19.5. The number of Topliss-reactive ketones (excluding diaryl/α,β-unsaturated/α-hetero) is 1. The number of nitrogens with one attached hydrogen (secondary N) is 1. The number of hydrogen-bond donors (Lipinski definition) is 2. The van der Waals surface area contributed by atoms with Crippen molar-refractivity contribution in [1.82, 2.24) is 5.32 Å². The molecule has 1 aliphatic carbocycles. The minimum atomic E-state index is -1.72. The molecule has 1 aliphatic heterocycles. The van der Waals surface area contributed by atoms with Crippen molar-refractivity contribution in [2.75, 3.05) is 13.2 Å². The molecule has 5 nitrogen and oxygen atoms in total. The van der Waals surface area contributed by atoms with E-state index in [0.29, 0.717) is 29.3 Å². The van der Waals surface area contributed by atoms with Crippen molar-refractivity contribution in [3.8, 4) is 0 Å². The molecule has 1 heterocycles. The van der Waals surface area contributed by atoms with E-state index in [9.17, 15) is 9.90 Å². The molecule has 0 saturated heterocycles. The van der Waals surface area contributed by atoms with Crippen LogP contribution in [0.3, 0.4) is 0 Å². The van der Waals surface area contributed by atoms with Crippen LogP contribution in [0.4, 0.5) is 0 Å². The van der Waals surface area contributed by atoms with Gasteiger partial charge in [0.15, 0.2) is 5.78 Å². The average Bonchev–Trinajstić information content (AvgIpc) is 2.63. The van der Waals surface area contributed by atoms with Crippen LogP contribution in [0.2, 0.25) is 0 Å². The van der Waals surface area contributed by atoms with Crippen LogP contribution in [0.25, 0.3) is 0 Å².